The Kier molecular flexibility index (Phi) is 15.6. The number of nitrogens with zero attached hydrogens (tertiary/aromatic N) is 1. The van der Waals surface area contributed by atoms with Crippen LogP contribution in [0.3, 0.4) is 0 Å². The molecule has 5 rings (SSSR count). The third-order valence-corrected chi connectivity index (χ3v) is 14.1. The van der Waals surface area contributed by atoms with Crippen molar-refractivity contribution in [3.05, 3.63) is 44.6 Å². The number of nitrogens with one attached hydrogen (secondary N) is 2. The largest absolute Gasteiger partial charge is 0.458 e. The minimum absolute atomic E-state index is 0.0571. The Morgan fingerprint density at radius 1 is 1.16 bits per heavy atom. The van der Waals surface area contributed by atoms with Gasteiger partial charge in [-0.15, -0.1) is 11.3 Å². The smallest absolute Gasteiger partial charge is 0.408 e. The van der Waals surface area contributed by atoms with Crippen LogP contribution in [0.1, 0.15) is 79.5 Å². The fraction of sp³-hybridized carbons (Fsp3) is 0.738. The number of ether oxygens (including phenoxy) is 7. The van der Waals surface area contributed by atoms with E-state index in [1.807, 2.05) is 71.8 Å². The van der Waals surface area contributed by atoms with Crippen LogP contribution in [0, 0.1) is 23.7 Å². The predicted molar refractivity (Wildman–Crippen MR) is 222 cm³/mol. The zero-order valence-electron chi connectivity index (χ0n) is 35.6. The average molecular weight is 899 g/mol. The van der Waals surface area contributed by atoms with Gasteiger partial charge >= 0.3 is 18.2 Å². The lowest BCUT2D eigenvalue weighted by atomic mass is 9.71. The van der Waals surface area contributed by atoms with Gasteiger partial charge in [0.1, 0.15) is 18.8 Å². The molecule has 58 heavy (non-hydrogen) atoms. The lowest BCUT2D eigenvalue weighted by Crippen LogP contribution is -2.60. The first-order chi connectivity index (χ1) is 27.3. The van der Waals surface area contributed by atoms with Crippen molar-refractivity contribution in [1.29, 1.82) is 0 Å². The normalized spacial score (nSPS) is 39.7. The van der Waals surface area contributed by atoms with Crippen LogP contribution in [0.15, 0.2) is 39.7 Å². The SMILES string of the molecule is C=C1COC2[C@@H](C)C(=O)O[C@H](CC)[C@@]3(C)OC(=O)NC3[C@@H](C)/C(=C/COC(=O)NCc3ccc(Br)s3)[C@H](C)C[C@@](C)(OC1)[C@H](OC1O[C@H](C)C[C@H](N(C)C)[C@H]1O)[C@H]2C. The molecule has 4 fully saturated rings. The molecule has 3 unspecified atom stereocenters. The molecular formula is C42H64BrN3O11S. The molecule has 0 spiro atoms. The van der Waals surface area contributed by atoms with Crippen molar-refractivity contribution < 1.29 is 52.6 Å². The fourth-order valence-corrected chi connectivity index (χ4v) is 10.8. The van der Waals surface area contributed by atoms with E-state index in [1.54, 1.807) is 13.8 Å². The average Bonchev–Trinajstić information content (AvgIpc) is 3.73. The Balaban J connectivity index is 1.58. The molecule has 0 radical (unpaired) electrons. The van der Waals surface area contributed by atoms with E-state index in [2.05, 4.69) is 40.1 Å². The van der Waals surface area contributed by atoms with Gasteiger partial charge in [0.15, 0.2) is 11.9 Å². The summed E-state index contributed by atoms with van der Waals surface area (Å²) < 4.78 is 45.7. The summed E-state index contributed by atoms with van der Waals surface area (Å²) in [6.07, 6.45) is -2.50. The van der Waals surface area contributed by atoms with Crippen molar-refractivity contribution in [2.24, 2.45) is 23.7 Å². The van der Waals surface area contributed by atoms with Gasteiger partial charge in [-0.05, 0) is 107 Å². The fourth-order valence-electron chi connectivity index (χ4n) is 9.39. The zero-order chi connectivity index (χ0) is 42.7. The van der Waals surface area contributed by atoms with E-state index in [0.717, 1.165) is 14.2 Å². The van der Waals surface area contributed by atoms with Gasteiger partial charge in [0.25, 0.3) is 0 Å². The van der Waals surface area contributed by atoms with Crippen molar-refractivity contribution in [3.8, 4) is 0 Å². The Morgan fingerprint density at radius 2 is 1.88 bits per heavy atom. The summed E-state index contributed by atoms with van der Waals surface area (Å²) in [5.41, 5.74) is -0.794. The van der Waals surface area contributed by atoms with Gasteiger partial charge in [-0.25, -0.2) is 9.59 Å². The molecule has 4 aliphatic heterocycles. The van der Waals surface area contributed by atoms with Crippen LogP contribution in [0.5, 0.6) is 0 Å². The molecule has 16 heteroatoms. The first-order valence-electron chi connectivity index (χ1n) is 20.4. The van der Waals surface area contributed by atoms with E-state index >= 15 is 0 Å². The van der Waals surface area contributed by atoms with E-state index < -0.39 is 83.9 Å². The Hall–Kier alpha value is -2.57. The molecule has 4 saturated heterocycles. The summed E-state index contributed by atoms with van der Waals surface area (Å²) in [6, 6.07) is 2.99. The minimum Gasteiger partial charge on any atom is -0.458 e. The van der Waals surface area contributed by atoms with Gasteiger partial charge in [-0.2, -0.15) is 0 Å². The number of esters is 1. The summed E-state index contributed by atoms with van der Waals surface area (Å²) in [6.45, 7) is 20.2. The molecule has 2 bridgehead atoms. The summed E-state index contributed by atoms with van der Waals surface area (Å²) in [5.74, 6) is -2.48. The quantitative estimate of drug-likeness (QED) is 0.151. The molecule has 0 aliphatic carbocycles. The second-order valence-electron chi connectivity index (χ2n) is 17.2. The molecule has 2 amide bonds. The third kappa shape index (κ3) is 10.5. The molecule has 14 nitrogen and oxygen atoms in total. The number of halogens is 1. The number of thiophene rings is 1. The van der Waals surface area contributed by atoms with Crippen molar-refractivity contribution in [1.82, 2.24) is 15.5 Å². The van der Waals surface area contributed by atoms with Crippen LogP contribution in [0.2, 0.25) is 0 Å². The molecule has 1 aromatic heterocycles. The van der Waals surface area contributed by atoms with E-state index in [4.69, 9.17) is 33.2 Å². The molecule has 326 valence electrons. The third-order valence-electron chi connectivity index (χ3n) is 12.5. The zero-order valence-corrected chi connectivity index (χ0v) is 38.0. The number of aliphatic hydroxyl groups excluding tert-OH is 1. The molecule has 1 aromatic rings. The Morgan fingerprint density at radius 3 is 2.53 bits per heavy atom. The summed E-state index contributed by atoms with van der Waals surface area (Å²) in [5, 5.41) is 17.5. The van der Waals surface area contributed by atoms with E-state index in [-0.39, 0.29) is 37.9 Å². The van der Waals surface area contributed by atoms with Gasteiger partial charge in [-0.1, -0.05) is 39.8 Å². The standard InChI is InChI=1S/C42H64BrN3O11S/c1-12-31-42(9)35(45-40(50)57-42)25(5)29(15-16-51-39(49)44-19-28-13-14-32(43)58-28)23(3)18-41(8)36(56-38-33(47)30(46(10)11)17-24(4)54-38)26(6)34(27(7)37(48)55-31)52-20-22(2)21-53-41/h13-15,23-27,30-31,33-36,38,47H,2,12,16-21H2,1,3-11H3,(H,44,49)(H,45,50)/b29-15+/t23-,24-,25+,26+,27-,30+,31-,33-,34?,35?,36-,38?,41-,42-/m1/s1. The topological polar surface area (TPSA) is 163 Å². The van der Waals surface area contributed by atoms with Gasteiger partial charge < -0.3 is 53.8 Å². The highest BCUT2D eigenvalue weighted by molar-refractivity contribution is 9.11. The lowest BCUT2D eigenvalue weighted by molar-refractivity contribution is -0.302. The van der Waals surface area contributed by atoms with Crippen LogP contribution in [-0.2, 0) is 44.5 Å². The van der Waals surface area contributed by atoms with Crippen molar-refractivity contribution in [2.45, 2.75) is 141 Å². The number of likely N-dealkylation sites (N-methyl/N-ethyl adjacent to an activating group) is 1. The number of hydrogen-bond donors (Lipinski definition) is 3. The number of hydrogen-bond acceptors (Lipinski definition) is 13. The highest BCUT2D eigenvalue weighted by Gasteiger charge is 2.57. The highest BCUT2D eigenvalue weighted by Crippen LogP contribution is 2.44. The monoisotopic (exact) mass is 897 g/mol. The van der Waals surface area contributed by atoms with Gasteiger partial charge in [0.2, 0.25) is 0 Å². The molecular weight excluding hydrogens is 834 g/mol. The number of alkyl carbamates (subject to hydrolysis) is 2. The maximum Gasteiger partial charge on any atom is 0.408 e. The summed E-state index contributed by atoms with van der Waals surface area (Å²) >= 11 is 4.97. The maximum absolute atomic E-state index is 14.3. The van der Waals surface area contributed by atoms with Crippen LogP contribution in [-0.4, -0.2) is 122 Å². The molecule has 0 saturated carbocycles. The Labute approximate surface area is 355 Å². The van der Waals surface area contributed by atoms with Crippen molar-refractivity contribution in [3.63, 3.8) is 0 Å². The summed E-state index contributed by atoms with van der Waals surface area (Å²) in [4.78, 5) is 43.3. The number of amides is 2. The van der Waals surface area contributed by atoms with Crippen LogP contribution in [0.4, 0.5) is 9.59 Å². The van der Waals surface area contributed by atoms with Crippen molar-refractivity contribution in [2.75, 3.05) is 33.9 Å². The predicted octanol–water partition coefficient (Wildman–Crippen LogP) is 6.34. The van der Waals surface area contributed by atoms with Gasteiger partial charge in [0, 0.05) is 22.8 Å². The number of cyclic esters (lactones) is 1. The molecule has 4 aliphatic rings. The number of carbonyl (C=O) groups is 3. The summed E-state index contributed by atoms with van der Waals surface area (Å²) in [7, 11) is 3.84. The second-order valence-corrected chi connectivity index (χ2v) is 19.7. The van der Waals surface area contributed by atoms with Gasteiger partial charge in [0.05, 0.1) is 59.4 Å². The van der Waals surface area contributed by atoms with E-state index in [1.165, 1.54) is 11.3 Å². The molecule has 5 heterocycles. The first kappa shape index (κ1) is 46.5. The highest BCUT2D eigenvalue weighted by atomic mass is 79.9. The Bertz CT molecular complexity index is 1660. The van der Waals surface area contributed by atoms with Crippen molar-refractivity contribution >= 4 is 45.4 Å². The van der Waals surface area contributed by atoms with Gasteiger partial charge in [-0.3, -0.25) is 4.79 Å². The number of fused-ring (bicyclic) bond motifs is 4. The van der Waals surface area contributed by atoms with E-state index in [0.29, 0.717) is 31.4 Å². The lowest BCUT2D eigenvalue weighted by Gasteiger charge is -2.49. The maximum atomic E-state index is 14.3. The molecule has 14 atom stereocenters. The molecule has 3 N–H and O–H groups in total. The number of carbonyl (C=O) groups excluding carboxylic acids is 3. The molecule has 0 aromatic carbocycles. The van der Waals surface area contributed by atoms with Crippen LogP contribution >= 0.6 is 27.3 Å². The van der Waals surface area contributed by atoms with E-state index in [9.17, 15) is 19.5 Å². The number of rotatable bonds is 8. The second kappa shape index (κ2) is 19.4. The van der Waals surface area contributed by atoms with Crippen LogP contribution in [0.25, 0.3) is 0 Å². The number of aliphatic hydroxyl groups is 1. The minimum atomic E-state index is -1.25. The first-order valence-corrected chi connectivity index (χ1v) is 22.0. The van der Waals surface area contributed by atoms with Crippen LogP contribution < -0.4 is 10.6 Å².